The van der Waals surface area contributed by atoms with Gasteiger partial charge in [0.15, 0.2) is 0 Å². The zero-order valence-electron chi connectivity index (χ0n) is 12.0. The molecule has 0 aliphatic carbocycles. The van der Waals surface area contributed by atoms with Gasteiger partial charge in [-0.2, -0.15) is 0 Å². The molecule has 1 saturated heterocycles. The van der Waals surface area contributed by atoms with Gasteiger partial charge in [-0.1, -0.05) is 0 Å². The van der Waals surface area contributed by atoms with Crippen LogP contribution >= 0.6 is 0 Å². The van der Waals surface area contributed by atoms with Crippen LogP contribution < -0.4 is 4.90 Å². The quantitative estimate of drug-likeness (QED) is 0.668. The minimum atomic E-state index is -0.810. The molecule has 7 nitrogen and oxygen atoms in total. The van der Waals surface area contributed by atoms with Crippen molar-refractivity contribution in [1.82, 2.24) is 4.90 Å². The van der Waals surface area contributed by atoms with Crippen molar-refractivity contribution in [3.05, 3.63) is 33.9 Å². The van der Waals surface area contributed by atoms with Crippen LogP contribution in [0.5, 0.6) is 0 Å². The van der Waals surface area contributed by atoms with Gasteiger partial charge in [-0.3, -0.25) is 19.8 Å². The zero-order valence-corrected chi connectivity index (χ0v) is 12.0. The fourth-order valence-corrected chi connectivity index (χ4v) is 2.67. The van der Waals surface area contributed by atoms with E-state index >= 15 is 0 Å². The largest absolute Gasteiger partial charge is 0.480 e. The first kappa shape index (κ1) is 15.2. The maximum atomic E-state index is 10.8. The van der Waals surface area contributed by atoms with Crippen LogP contribution in [0.3, 0.4) is 0 Å². The fraction of sp³-hybridized carbons (Fsp3) is 0.500. The van der Waals surface area contributed by atoms with E-state index in [1.807, 2.05) is 11.8 Å². The Hall–Kier alpha value is -2.15. The van der Waals surface area contributed by atoms with Crippen LogP contribution in [0.15, 0.2) is 18.2 Å². The smallest absolute Gasteiger partial charge is 0.317 e. The number of aryl methyl sites for hydroxylation is 1. The first-order valence-electron chi connectivity index (χ1n) is 6.91. The predicted octanol–water partition coefficient (Wildman–Crippen LogP) is 1.50. The van der Waals surface area contributed by atoms with Gasteiger partial charge in [0.05, 0.1) is 11.5 Å². The highest BCUT2D eigenvalue weighted by Gasteiger charge is 2.19. The second kappa shape index (κ2) is 6.53. The SMILES string of the molecule is Cc1cc([N+](=O)[O-])ccc1N1CCCN(CC(=O)O)CC1. The molecule has 0 aromatic heterocycles. The van der Waals surface area contributed by atoms with E-state index in [9.17, 15) is 14.9 Å². The average Bonchev–Trinajstić information content (AvgIpc) is 2.63. The van der Waals surface area contributed by atoms with Gasteiger partial charge < -0.3 is 10.0 Å². The monoisotopic (exact) mass is 293 g/mol. The summed E-state index contributed by atoms with van der Waals surface area (Å²) in [5.41, 5.74) is 1.95. The molecule has 0 bridgehead atoms. The van der Waals surface area contributed by atoms with Gasteiger partial charge in [0.25, 0.3) is 5.69 Å². The van der Waals surface area contributed by atoms with Gasteiger partial charge in [-0.15, -0.1) is 0 Å². The van der Waals surface area contributed by atoms with E-state index in [2.05, 4.69) is 4.90 Å². The maximum absolute atomic E-state index is 10.8. The Labute approximate surface area is 122 Å². The number of rotatable bonds is 4. The fourth-order valence-electron chi connectivity index (χ4n) is 2.67. The second-order valence-corrected chi connectivity index (χ2v) is 5.24. The number of non-ortho nitro benzene ring substituents is 1. The molecule has 1 fully saturated rings. The lowest BCUT2D eigenvalue weighted by molar-refractivity contribution is -0.384. The van der Waals surface area contributed by atoms with Crippen LogP contribution in [0.1, 0.15) is 12.0 Å². The summed E-state index contributed by atoms with van der Waals surface area (Å²) in [6, 6.07) is 4.87. The summed E-state index contributed by atoms with van der Waals surface area (Å²) < 4.78 is 0. The Morgan fingerprint density at radius 3 is 2.71 bits per heavy atom. The first-order valence-corrected chi connectivity index (χ1v) is 6.91. The van der Waals surface area contributed by atoms with E-state index in [0.29, 0.717) is 6.54 Å². The molecule has 1 heterocycles. The molecule has 0 atom stereocenters. The van der Waals surface area contributed by atoms with Crippen molar-refractivity contribution in [2.75, 3.05) is 37.6 Å². The molecule has 0 saturated carbocycles. The minimum absolute atomic E-state index is 0.0626. The number of carboxylic acid groups (broad SMARTS) is 1. The molecule has 0 amide bonds. The Balaban J connectivity index is 2.08. The molecule has 1 aliphatic rings. The summed E-state index contributed by atoms with van der Waals surface area (Å²) in [5, 5.41) is 19.6. The highest BCUT2D eigenvalue weighted by atomic mass is 16.6. The lowest BCUT2D eigenvalue weighted by Crippen LogP contribution is -2.34. The minimum Gasteiger partial charge on any atom is -0.480 e. The number of aliphatic carboxylic acids is 1. The Kier molecular flexibility index (Phi) is 4.74. The summed E-state index contributed by atoms with van der Waals surface area (Å²) in [4.78, 5) is 25.2. The van der Waals surface area contributed by atoms with Gasteiger partial charge in [-0.05, 0) is 25.0 Å². The normalized spacial score (nSPS) is 16.5. The average molecular weight is 293 g/mol. The molecule has 1 N–H and O–H groups in total. The topological polar surface area (TPSA) is 86.9 Å². The number of benzene rings is 1. The lowest BCUT2D eigenvalue weighted by Gasteiger charge is -2.24. The van der Waals surface area contributed by atoms with Gasteiger partial charge >= 0.3 is 5.97 Å². The molecular formula is C14H19N3O4. The summed E-state index contributed by atoms with van der Waals surface area (Å²) in [7, 11) is 0. The summed E-state index contributed by atoms with van der Waals surface area (Å²) >= 11 is 0. The zero-order chi connectivity index (χ0) is 15.4. The predicted molar refractivity (Wildman–Crippen MR) is 78.7 cm³/mol. The molecular weight excluding hydrogens is 274 g/mol. The van der Waals surface area contributed by atoms with Crippen molar-refractivity contribution < 1.29 is 14.8 Å². The van der Waals surface area contributed by atoms with Gasteiger partial charge in [0.1, 0.15) is 0 Å². The number of nitrogens with zero attached hydrogens (tertiary/aromatic N) is 3. The summed E-state index contributed by atoms with van der Waals surface area (Å²) in [5.74, 6) is -0.810. The van der Waals surface area contributed by atoms with E-state index in [0.717, 1.165) is 37.3 Å². The van der Waals surface area contributed by atoms with Crippen LogP contribution in [0, 0.1) is 17.0 Å². The van der Waals surface area contributed by atoms with Crippen molar-refractivity contribution in [2.24, 2.45) is 0 Å². The number of nitro benzene ring substituents is 1. The summed E-state index contributed by atoms with van der Waals surface area (Å²) in [6.45, 7) is 4.92. The highest BCUT2D eigenvalue weighted by molar-refractivity contribution is 5.69. The number of carbonyl (C=O) groups is 1. The number of nitro groups is 1. The Morgan fingerprint density at radius 2 is 2.10 bits per heavy atom. The van der Waals surface area contributed by atoms with E-state index in [1.54, 1.807) is 12.1 Å². The van der Waals surface area contributed by atoms with Crippen molar-refractivity contribution >= 4 is 17.3 Å². The lowest BCUT2D eigenvalue weighted by atomic mass is 10.1. The number of anilines is 1. The molecule has 1 aromatic carbocycles. The number of hydrogen-bond donors (Lipinski definition) is 1. The van der Waals surface area contributed by atoms with E-state index in [1.165, 1.54) is 6.07 Å². The molecule has 1 aromatic rings. The van der Waals surface area contributed by atoms with E-state index in [4.69, 9.17) is 5.11 Å². The van der Waals surface area contributed by atoms with Crippen LogP contribution in [0.25, 0.3) is 0 Å². The molecule has 114 valence electrons. The van der Waals surface area contributed by atoms with Gasteiger partial charge in [0.2, 0.25) is 0 Å². The van der Waals surface area contributed by atoms with E-state index < -0.39 is 10.9 Å². The van der Waals surface area contributed by atoms with Crippen LogP contribution in [0.4, 0.5) is 11.4 Å². The number of hydrogen-bond acceptors (Lipinski definition) is 5. The first-order chi connectivity index (χ1) is 9.97. The summed E-state index contributed by atoms with van der Waals surface area (Å²) in [6.07, 6.45) is 0.879. The van der Waals surface area contributed by atoms with Crippen molar-refractivity contribution in [3.63, 3.8) is 0 Å². The maximum Gasteiger partial charge on any atom is 0.317 e. The Bertz CT molecular complexity index is 547. The standard InChI is InChI=1S/C14H19N3O4/c1-11-9-12(17(20)21)3-4-13(11)16-6-2-5-15(7-8-16)10-14(18)19/h3-4,9H,2,5-8,10H2,1H3,(H,18,19). The van der Waals surface area contributed by atoms with Gasteiger partial charge in [0, 0.05) is 44.0 Å². The van der Waals surface area contributed by atoms with Crippen LogP contribution in [-0.2, 0) is 4.79 Å². The third-order valence-corrected chi connectivity index (χ3v) is 3.68. The molecule has 1 aliphatic heterocycles. The molecule has 0 unspecified atom stereocenters. The number of carboxylic acids is 1. The molecule has 2 rings (SSSR count). The van der Waals surface area contributed by atoms with Crippen LogP contribution in [-0.4, -0.2) is 53.6 Å². The van der Waals surface area contributed by atoms with Crippen LogP contribution in [0.2, 0.25) is 0 Å². The second-order valence-electron chi connectivity index (χ2n) is 5.24. The highest BCUT2D eigenvalue weighted by Crippen LogP contribution is 2.25. The Morgan fingerprint density at radius 1 is 1.33 bits per heavy atom. The van der Waals surface area contributed by atoms with Crippen molar-refractivity contribution in [2.45, 2.75) is 13.3 Å². The van der Waals surface area contributed by atoms with Crippen molar-refractivity contribution in [3.8, 4) is 0 Å². The molecule has 21 heavy (non-hydrogen) atoms. The van der Waals surface area contributed by atoms with Crippen molar-refractivity contribution in [1.29, 1.82) is 0 Å². The van der Waals surface area contributed by atoms with E-state index in [-0.39, 0.29) is 12.2 Å². The third-order valence-electron chi connectivity index (χ3n) is 3.68. The van der Waals surface area contributed by atoms with Gasteiger partial charge in [-0.25, -0.2) is 0 Å². The molecule has 7 heteroatoms. The molecule has 0 radical (unpaired) electrons. The third kappa shape index (κ3) is 3.91. The molecule has 0 spiro atoms.